The Morgan fingerprint density at radius 2 is 1.67 bits per heavy atom. The van der Waals surface area contributed by atoms with Gasteiger partial charge in [-0.2, -0.15) is 5.11 Å². The van der Waals surface area contributed by atoms with Crippen LogP contribution in [0.5, 0.6) is 0 Å². The highest BCUT2D eigenvalue weighted by molar-refractivity contribution is 4.87. The number of hydrogen-bond donors (Lipinski definition) is 4. The molecule has 0 saturated carbocycles. The number of hydrogen-bond acceptors (Lipinski definition) is 5. The summed E-state index contributed by atoms with van der Waals surface area (Å²) in [4.78, 5) is 0. The second kappa shape index (κ2) is 3.65. The first-order chi connectivity index (χ1) is 5.57. The van der Waals surface area contributed by atoms with Gasteiger partial charge in [0.2, 0.25) is 6.29 Å². The molecular weight excluding hydrogens is 168 g/mol. The molecule has 0 aromatic heterocycles. The van der Waals surface area contributed by atoms with Crippen molar-refractivity contribution in [3.63, 3.8) is 0 Å². The normalized spacial score (nSPS) is 49.2. The summed E-state index contributed by atoms with van der Waals surface area (Å²) in [6.07, 6.45) is -7.57. The summed E-state index contributed by atoms with van der Waals surface area (Å²) < 4.78 is 4.46. The Morgan fingerprint density at radius 3 is 2.17 bits per heavy atom. The zero-order chi connectivity index (χ0) is 9.30. The largest absolute Gasteiger partial charge is 0.394 e. The predicted octanol–water partition coefficient (Wildman–Crippen LogP) is -2.78. The molecule has 1 fully saturated rings. The Kier molecular flexibility index (Phi) is 2.99. The van der Waals surface area contributed by atoms with Gasteiger partial charge in [-0.25, -0.2) is 0 Å². The van der Waals surface area contributed by atoms with Crippen molar-refractivity contribution < 1.29 is 30.3 Å². The lowest BCUT2D eigenvalue weighted by Gasteiger charge is -2.36. The van der Waals surface area contributed by atoms with Crippen LogP contribution < -0.4 is 0 Å². The van der Waals surface area contributed by atoms with Gasteiger partial charge in [0.25, 0.3) is 0 Å². The van der Waals surface area contributed by atoms with Crippen LogP contribution in [-0.4, -0.2) is 57.7 Å². The van der Waals surface area contributed by atoms with E-state index in [1.807, 2.05) is 0 Å². The summed E-state index contributed by atoms with van der Waals surface area (Å²) in [6, 6.07) is 0. The molecule has 1 aliphatic rings. The highest BCUT2D eigenvalue weighted by Gasteiger charge is 2.43. The minimum Gasteiger partial charge on any atom is -0.394 e. The van der Waals surface area contributed by atoms with Gasteiger partial charge >= 0.3 is 0 Å². The molecular formula is C6H11O6. The van der Waals surface area contributed by atoms with Crippen molar-refractivity contribution in [2.24, 2.45) is 0 Å². The van der Waals surface area contributed by atoms with Crippen LogP contribution >= 0.6 is 0 Å². The Bertz CT molecular complexity index is 146. The first kappa shape index (κ1) is 9.85. The molecule has 5 atom stereocenters. The molecule has 0 bridgehead atoms. The van der Waals surface area contributed by atoms with E-state index in [-0.39, 0.29) is 0 Å². The lowest BCUT2D eigenvalue weighted by Crippen LogP contribution is -2.58. The average molecular weight is 179 g/mol. The lowest BCUT2D eigenvalue weighted by molar-refractivity contribution is -0.303. The second-order valence-corrected chi connectivity index (χ2v) is 2.70. The number of aliphatic hydroxyl groups is 4. The molecule has 1 saturated heterocycles. The van der Waals surface area contributed by atoms with Gasteiger partial charge in [-0.3, -0.25) is 0 Å². The van der Waals surface area contributed by atoms with Crippen molar-refractivity contribution >= 4 is 0 Å². The molecule has 1 heterocycles. The molecule has 1 rings (SSSR count). The van der Waals surface area contributed by atoms with E-state index in [0.717, 1.165) is 0 Å². The van der Waals surface area contributed by atoms with E-state index < -0.39 is 37.3 Å². The van der Waals surface area contributed by atoms with Gasteiger partial charge < -0.3 is 25.2 Å². The minimum atomic E-state index is -1.82. The van der Waals surface area contributed by atoms with Gasteiger partial charge in [-0.15, -0.1) is 0 Å². The van der Waals surface area contributed by atoms with Crippen LogP contribution in [0.2, 0.25) is 0 Å². The van der Waals surface area contributed by atoms with E-state index in [4.69, 9.17) is 20.4 Å². The highest BCUT2D eigenvalue weighted by atomic mass is 16.6. The molecule has 6 nitrogen and oxygen atoms in total. The summed E-state index contributed by atoms with van der Waals surface area (Å²) in [5.74, 6) is 0. The standard InChI is InChI=1S/C6H11O6/c7-1-2-3(8)4(9)5(10)6(11)12-2/h2-10H,1H2/t2-,3-,4+,5-,6?/m1/s1. The van der Waals surface area contributed by atoms with Crippen LogP contribution in [-0.2, 0) is 9.84 Å². The zero-order valence-electron chi connectivity index (χ0n) is 6.20. The SMILES string of the molecule is [O]C1O[C@H](CO)[C@@H](O)[C@H](O)[C@H]1O. The fourth-order valence-corrected chi connectivity index (χ4v) is 1.07. The summed E-state index contributed by atoms with van der Waals surface area (Å²) in [5, 5.41) is 46.3. The maximum Gasteiger partial charge on any atom is 0.220 e. The second-order valence-electron chi connectivity index (χ2n) is 2.70. The minimum absolute atomic E-state index is 0.566. The quantitative estimate of drug-likeness (QED) is 0.348. The number of rotatable bonds is 1. The van der Waals surface area contributed by atoms with E-state index in [9.17, 15) is 5.11 Å². The van der Waals surface area contributed by atoms with Gasteiger partial charge in [0.1, 0.15) is 24.4 Å². The molecule has 0 aromatic carbocycles. The molecule has 1 radical (unpaired) electrons. The first-order valence-corrected chi connectivity index (χ1v) is 3.54. The van der Waals surface area contributed by atoms with Gasteiger partial charge in [-0.05, 0) is 0 Å². The van der Waals surface area contributed by atoms with Crippen LogP contribution in [0.1, 0.15) is 0 Å². The van der Waals surface area contributed by atoms with Crippen molar-refractivity contribution in [3.05, 3.63) is 0 Å². The predicted molar refractivity (Wildman–Crippen MR) is 34.5 cm³/mol. The Hall–Kier alpha value is -0.240. The summed E-state index contributed by atoms with van der Waals surface area (Å²) in [6.45, 7) is -0.566. The van der Waals surface area contributed by atoms with E-state index in [2.05, 4.69) is 4.74 Å². The zero-order valence-corrected chi connectivity index (χ0v) is 6.20. The third-order valence-corrected chi connectivity index (χ3v) is 1.85. The van der Waals surface area contributed by atoms with Crippen molar-refractivity contribution in [2.75, 3.05) is 6.61 Å². The Morgan fingerprint density at radius 1 is 1.08 bits per heavy atom. The Balaban J connectivity index is 2.63. The monoisotopic (exact) mass is 179 g/mol. The molecule has 4 N–H and O–H groups in total. The van der Waals surface area contributed by atoms with E-state index in [0.29, 0.717) is 0 Å². The maximum atomic E-state index is 10.7. The fourth-order valence-electron chi connectivity index (χ4n) is 1.07. The molecule has 1 unspecified atom stereocenters. The van der Waals surface area contributed by atoms with E-state index in [1.165, 1.54) is 0 Å². The van der Waals surface area contributed by atoms with Crippen LogP contribution in [0.4, 0.5) is 0 Å². The highest BCUT2D eigenvalue weighted by Crippen LogP contribution is 2.19. The van der Waals surface area contributed by atoms with Crippen LogP contribution in [0.15, 0.2) is 0 Å². The van der Waals surface area contributed by atoms with Crippen LogP contribution in [0.3, 0.4) is 0 Å². The summed E-state index contributed by atoms with van der Waals surface area (Å²) >= 11 is 0. The van der Waals surface area contributed by atoms with E-state index >= 15 is 0 Å². The molecule has 0 spiro atoms. The summed E-state index contributed by atoms with van der Waals surface area (Å²) in [5.41, 5.74) is 0. The van der Waals surface area contributed by atoms with Gasteiger partial charge in [0.15, 0.2) is 0 Å². The molecule has 12 heavy (non-hydrogen) atoms. The molecule has 6 heteroatoms. The fraction of sp³-hybridized carbons (Fsp3) is 1.00. The lowest BCUT2D eigenvalue weighted by atomic mass is 10.00. The van der Waals surface area contributed by atoms with E-state index in [1.54, 1.807) is 0 Å². The molecule has 0 aliphatic carbocycles. The molecule has 0 amide bonds. The van der Waals surface area contributed by atoms with Crippen LogP contribution in [0, 0.1) is 0 Å². The molecule has 71 valence electrons. The first-order valence-electron chi connectivity index (χ1n) is 3.54. The third-order valence-electron chi connectivity index (χ3n) is 1.85. The molecule has 0 aromatic rings. The summed E-state index contributed by atoms with van der Waals surface area (Å²) in [7, 11) is 0. The third kappa shape index (κ3) is 1.58. The molecule has 1 aliphatic heterocycles. The van der Waals surface area contributed by atoms with Gasteiger partial charge in [-0.1, -0.05) is 0 Å². The van der Waals surface area contributed by atoms with Crippen molar-refractivity contribution in [2.45, 2.75) is 30.7 Å². The van der Waals surface area contributed by atoms with Crippen LogP contribution in [0.25, 0.3) is 0 Å². The number of aliphatic hydroxyl groups excluding tert-OH is 4. The van der Waals surface area contributed by atoms with Crippen molar-refractivity contribution in [3.8, 4) is 0 Å². The topological polar surface area (TPSA) is 110 Å². The van der Waals surface area contributed by atoms with Crippen molar-refractivity contribution in [1.82, 2.24) is 0 Å². The van der Waals surface area contributed by atoms with Gasteiger partial charge in [0, 0.05) is 0 Å². The maximum absolute atomic E-state index is 10.7. The Labute approximate surface area is 68.6 Å². The van der Waals surface area contributed by atoms with Crippen molar-refractivity contribution in [1.29, 1.82) is 0 Å². The number of ether oxygens (including phenoxy) is 1. The van der Waals surface area contributed by atoms with Gasteiger partial charge in [0.05, 0.1) is 6.61 Å². The average Bonchev–Trinajstić information content (AvgIpc) is 2.08. The smallest absolute Gasteiger partial charge is 0.220 e.